The molecule has 0 saturated heterocycles. The number of carbonyl (C=O) groups is 1. The highest BCUT2D eigenvalue weighted by atomic mass is 19.1. The monoisotopic (exact) mass is 254 g/mol. The lowest BCUT2D eigenvalue weighted by molar-refractivity contribution is -0.122. The Morgan fingerprint density at radius 1 is 1.44 bits per heavy atom. The van der Waals surface area contributed by atoms with E-state index in [1.54, 1.807) is 26.2 Å². The van der Waals surface area contributed by atoms with E-state index in [-0.39, 0.29) is 30.2 Å². The van der Waals surface area contributed by atoms with Crippen LogP contribution in [0.4, 0.5) is 4.39 Å². The topological polar surface area (TPSA) is 64.3 Å². The summed E-state index contributed by atoms with van der Waals surface area (Å²) in [6.45, 7) is 2.10. The van der Waals surface area contributed by atoms with E-state index in [0.717, 1.165) is 5.56 Å². The van der Waals surface area contributed by atoms with Crippen LogP contribution in [0, 0.1) is 5.82 Å². The van der Waals surface area contributed by atoms with Gasteiger partial charge in [0.25, 0.3) is 0 Å². The fourth-order valence-corrected chi connectivity index (χ4v) is 1.63. The lowest BCUT2D eigenvalue weighted by Crippen LogP contribution is -2.34. The molecule has 1 aromatic carbocycles. The van der Waals surface area contributed by atoms with Gasteiger partial charge < -0.3 is 15.8 Å². The van der Waals surface area contributed by atoms with Crippen LogP contribution < -0.4 is 11.1 Å². The Kier molecular flexibility index (Phi) is 5.74. The normalized spacial score (nSPS) is 14.0. The molecule has 5 heteroatoms. The van der Waals surface area contributed by atoms with E-state index in [1.165, 1.54) is 12.1 Å². The molecular formula is C13H19FN2O2. The summed E-state index contributed by atoms with van der Waals surface area (Å²) in [7, 11) is 1.55. The SMILES string of the molecule is COCC(NC(=O)CC(C)N)c1ccc(F)cc1. The van der Waals surface area contributed by atoms with E-state index in [9.17, 15) is 9.18 Å². The summed E-state index contributed by atoms with van der Waals surface area (Å²) in [5.41, 5.74) is 6.36. The van der Waals surface area contributed by atoms with Crippen molar-refractivity contribution in [3.05, 3.63) is 35.6 Å². The number of carbonyl (C=O) groups excluding carboxylic acids is 1. The molecule has 1 amide bonds. The van der Waals surface area contributed by atoms with Gasteiger partial charge in [0.15, 0.2) is 0 Å². The lowest BCUT2D eigenvalue weighted by Gasteiger charge is -2.19. The molecule has 0 fully saturated rings. The summed E-state index contributed by atoms with van der Waals surface area (Å²) in [5.74, 6) is -0.451. The van der Waals surface area contributed by atoms with Gasteiger partial charge >= 0.3 is 0 Å². The zero-order chi connectivity index (χ0) is 13.5. The molecule has 2 unspecified atom stereocenters. The van der Waals surface area contributed by atoms with E-state index in [0.29, 0.717) is 6.61 Å². The number of nitrogens with one attached hydrogen (secondary N) is 1. The van der Waals surface area contributed by atoms with Crippen LogP contribution in [0.25, 0.3) is 0 Å². The Bertz CT molecular complexity index is 379. The molecule has 2 atom stereocenters. The molecule has 0 aliphatic heterocycles. The first-order chi connectivity index (χ1) is 8.52. The smallest absolute Gasteiger partial charge is 0.222 e. The largest absolute Gasteiger partial charge is 0.382 e. The van der Waals surface area contributed by atoms with Crippen LogP contribution in [0.2, 0.25) is 0 Å². The minimum Gasteiger partial charge on any atom is -0.382 e. The van der Waals surface area contributed by atoms with Crippen LogP contribution in [-0.4, -0.2) is 25.7 Å². The average molecular weight is 254 g/mol. The van der Waals surface area contributed by atoms with Crippen molar-refractivity contribution in [2.75, 3.05) is 13.7 Å². The van der Waals surface area contributed by atoms with Crippen molar-refractivity contribution in [2.24, 2.45) is 5.73 Å². The van der Waals surface area contributed by atoms with E-state index >= 15 is 0 Å². The van der Waals surface area contributed by atoms with Gasteiger partial charge in [0.2, 0.25) is 5.91 Å². The van der Waals surface area contributed by atoms with Gasteiger partial charge in [-0.25, -0.2) is 4.39 Å². The summed E-state index contributed by atoms with van der Waals surface area (Å²) < 4.78 is 17.9. The Hall–Kier alpha value is -1.46. The second-order valence-corrected chi connectivity index (χ2v) is 4.31. The molecular weight excluding hydrogens is 235 g/mol. The molecule has 0 aromatic heterocycles. The maximum Gasteiger partial charge on any atom is 0.222 e. The van der Waals surface area contributed by atoms with Gasteiger partial charge in [0.1, 0.15) is 5.82 Å². The van der Waals surface area contributed by atoms with Gasteiger partial charge in [-0.1, -0.05) is 12.1 Å². The molecule has 3 N–H and O–H groups in total. The fourth-order valence-electron chi connectivity index (χ4n) is 1.63. The summed E-state index contributed by atoms with van der Waals surface area (Å²) in [6.07, 6.45) is 0.251. The van der Waals surface area contributed by atoms with Crippen molar-refractivity contribution >= 4 is 5.91 Å². The van der Waals surface area contributed by atoms with Crippen LogP contribution in [0.3, 0.4) is 0 Å². The van der Waals surface area contributed by atoms with Gasteiger partial charge in [-0.3, -0.25) is 4.79 Å². The predicted molar refractivity (Wildman–Crippen MR) is 67.4 cm³/mol. The summed E-state index contributed by atoms with van der Waals surface area (Å²) in [4.78, 5) is 11.7. The number of methoxy groups -OCH3 is 1. The third-order valence-corrected chi connectivity index (χ3v) is 2.45. The van der Waals surface area contributed by atoms with Gasteiger partial charge in [0.05, 0.1) is 12.6 Å². The fraction of sp³-hybridized carbons (Fsp3) is 0.462. The van der Waals surface area contributed by atoms with Crippen molar-refractivity contribution < 1.29 is 13.9 Å². The zero-order valence-corrected chi connectivity index (χ0v) is 10.7. The number of ether oxygens (including phenoxy) is 1. The van der Waals surface area contributed by atoms with Gasteiger partial charge in [0, 0.05) is 19.6 Å². The first-order valence-corrected chi connectivity index (χ1v) is 5.82. The van der Waals surface area contributed by atoms with E-state index in [1.807, 2.05) is 0 Å². The number of nitrogens with two attached hydrogens (primary N) is 1. The third-order valence-electron chi connectivity index (χ3n) is 2.45. The van der Waals surface area contributed by atoms with Crippen LogP contribution in [0.15, 0.2) is 24.3 Å². The molecule has 0 heterocycles. The van der Waals surface area contributed by atoms with Crippen LogP contribution in [-0.2, 0) is 9.53 Å². The highest BCUT2D eigenvalue weighted by Gasteiger charge is 2.15. The molecule has 1 aromatic rings. The molecule has 18 heavy (non-hydrogen) atoms. The zero-order valence-electron chi connectivity index (χ0n) is 10.7. The van der Waals surface area contributed by atoms with Crippen molar-refractivity contribution in [2.45, 2.75) is 25.4 Å². The second-order valence-electron chi connectivity index (χ2n) is 4.31. The van der Waals surface area contributed by atoms with Gasteiger partial charge in [-0.15, -0.1) is 0 Å². The number of benzene rings is 1. The van der Waals surface area contributed by atoms with Gasteiger partial charge in [-0.05, 0) is 24.6 Å². The number of rotatable bonds is 6. The van der Waals surface area contributed by atoms with Crippen LogP contribution in [0.5, 0.6) is 0 Å². The highest BCUT2D eigenvalue weighted by Crippen LogP contribution is 2.14. The summed E-state index contributed by atoms with van der Waals surface area (Å²) in [6, 6.07) is 5.49. The number of halogens is 1. The number of hydrogen-bond acceptors (Lipinski definition) is 3. The third kappa shape index (κ3) is 4.81. The highest BCUT2D eigenvalue weighted by molar-refractivity contribution is 5.77. The quantitative estimate of drug-likeness (QED) is 0.805. The Balaban J connectivity index is 2.70. The lowest BCUT2D eigenvalue weighted by atomic mass is 10.1. The molecule has 0 bridgehead atoms. The number of amides is 1. The van der Waals surface area contributed by atoms with Crippen molar-refractivity contribution in [1.82, 2.24) is 5.32 Å². The summed E-state index contributed by atoms with van der Waals surface area (Å²) >= 11 is 0. The molecule has 0 spiro atoms. The van der Waals surface area contributed by atoms with E-state index in [2.05, 4.69) is 5.32 Å². The van der Waals surface area contributed by atoms with Crippen molar-refractivity contribution in [3.63, 3.8) is 0 Å². The second kappa shape index (κ2) is 7.08. The minimum atomic E-state index is -0.308. The first-order valence-electron chi connectivity index (χ1n) is 5.82. The van der Waals surface area contributed by atoms with Crippen LogP contribution in [0.1, 0.15) is 24.9 Å². The maximum atomic E-state index is 12.8. The molecule has 0 saturated carbocycles. The Morgan fingerprint density at radius 3 is 2.56 bits per heavy atom. The Morgan fingerprint density at radius 2 is 2.06 bits per heavy atom. The van der Waals surface area contributed by atoms with Gasteiger partial charge in [-0.2, -0.15) is 0 Å². The average Bonchev–Trinajstić information content (AvgIpc) is 2.28. The molecule has 100 valence electrons. The molecule has 0 aliphatic carbocycles. The molecule has 1 rings (SSSR count). The minimum absolute atomic E-state index is 0.142. The van der Waals surface area contributed by atoms with Crippen molar-refractivity contribution in [1.29, 1.82) is 0 Å². The number of hydrogen-bond donors (Lipinski definition) is 2. The maximum absolute atomic E-state index is 12.8. The van der Waals surface area contributed by atoms with Crippen molar-refractivity contribution in [3.8, 4) is 0 Å². The Labute approximate surface area is 106 Å². The standard InChI is InChI=1S/C13H19FN2O2/c1-9(15)7-13(17)16-12(8-18-2)10-3-5-11(14)6-4-10/h3-6,9,12H,7-8,15H2,1-2H3,(H,16,17). The predicted octanol–water partition coefficient (Wildman–Crippen LogP) is 1.37. The first kappa shape index (κ1) is 14.6. The molecule has 4 nitrogen and oxygen atoms in total. The molecule has 0 aliphatic rings. The van der Waals surface area contributed by atoms with E-state index in [4.69, 9.17) is 10.5 Å². The summed E-state index contributed by atoms with van der Waals surface area (Å²) in [5, 5.41) is 2.82. The van der Waals surface area contributed by atoms with Crippen LogP contribution >= 0.6 is 0 Å². The van der Waals surface area contributed by atoms with E-state index < -0.39 is 0 Å². The molecule has 0 radical (unpaired) electrons.